The predicted octanol–water partition coefficient (Wildman–Crippen LogP) is 4.62. The van der Waals surface area contributed by atoms with Crippen LogP contribution >= 0.6 is 15.9 Å². The van der Waals surface area contributed by atoms with Gasteiger partial charge in [0.05, 0.1) is 0 Å². The van der Waals surface area contributed by atoms with E-state index < -0.39 is 21.8 Å². The molecule has 0 unspecified atom stereocenters. The van der Waals surface area contributed by atoms with Crippen molar-refractivity contribution in [1.82, 2.24) is 0 Å². The van der Waals surface area contributed by atoms with Gasteiger partial charge in [0.2, 0.25) is 0 Å². The van der Waals surface area contributed by atoms with Crippen LogP contribution in [0.1, 0.15) is 1.43 Å². The number of benzene rings is 2. The molecule has 0 saturated carbocycles. The molecule has 0 spiro atoms. The zero-order valence-electron chi connectivity index (χ0n) is 14.2. The van der Waals surface area contributed by atoms with Gasteiger partial charge in [0.15, 0.2) is 0 Å². The van der Waals surface area contributed by atoms with Crippen molar-refractivity contribution in [1.29, 1.82) is 0 Å². The molecule has 152 valence electrons. The maximum Gasteiger partial charge on any atom is 1.00 e. The minimum Gasteiger partial charge on any atom is -1.00 e. The van der Waals surface area contributed by atoms with Crippen LogP contribution in [0.2, 0.25) is 0 Å². The molecule has 2 aromatic carbocycles. The average Bonchev–Trinajstić information content (AvgIpc) is 2.33. The summed E-state index contributed by atoms with van der Waals surface area (Å²) in [5, 5.41) is 2.55. The van der Waals surface area contributed by atoms with Crippen LogP contribution in [0.15, 0.2) is 46.9 Å². The first-order valence-corrected chi connectivity index (χ1v) is 6.92. The minimum atomic E-state index is -6.00. The Morgan fingerprint density at radius 2 is 0.852 bits per heavy atom. The van der Waals surface area contributed by atoms with Gasteiger partial charge in [0, 0.05) is 4.47 Å². The number of fused-ring (bicyclic) bond motifs is 1. The molecule has 0 nitrogen and oxygen atoms in total. The maximum atomic E-state index is 9.75. The summed E-state index contributed by atoms with van der Waals surface area (Å²) in [6.07, 6.45) is 0. The molecule has 0 heterocycles. The average molecular weight is 508 g/mol. The zero-order valence-corrected chi connectivity index (χ0v) is 17.9. The van der Waals surface area contributed by atoms with Crippen LogP contribution in [0.4, 0.5) is 51.8 Å². The topological polar surface area (TPSA) is 0 Å². The number of halogens is 13. The van der Waals surface area contributed by atoms with Gasteiger partial charge in [0.25, 0.3) is 0 Å². The molecule has 0 aliphatic heterocycles. The van der Waals surface area contributed by atoms with Crippen LogP contribution in [0.5, 0.6) is 0 Å². The van der Waals surface area contributed by atoms with Crippen molar-refractivity contribution >= 4 is 48.5 Å². The van der Waals surface area contributed by atoms with Crippen LogP contribution in [-0.2, 0) is 0 Å². The predicted molar refractivity (Wildman–Crippen MR) is 83.3 cm³/mol. The van der Waals surface area contributed by atoms with Crippen LogP contribution in [-0.4, -0.2) is 21.8 Å². The van der Waals surface area contributed by atoms with Crippen molar-refractivity contribution < 1.29 is 105 Å². The van der Waals surface area contributed by atoms with Gasteiger partial charge >= 0.3 is 73.1 Å². The summed E-state index contributed by atoms with van der Waals surface area (Å²) in [4.78, 5) is 0. The van der Waals surface area contributed by atoms with Crippen LogP contribution in [0, 0.1) is 0 Å². The molecular formula is C10H8B3BrF12K-3. The fourth-order valence-electron chi connectivity index (χ4n) is 1.19. The third-order valence-electron chi connectivity index (χ3n) is 1.74. The molecule has 0 aliphatic rings. The second-order valence-electron chi connectivity index (χ2n) is 3.95. The molecule has 0 fully saturated rings. The monoisotopic (exact) mass is 507 g/mol. The Morgan fingerprint density at radius 1 is 0.556 bits per heavy atom. The van der Waals surface area contributed by atoms with Gasteiger partial charge in [-0.15, -0.1) is 0 Å². The van der Waals surface area contributed by atoms with E-state index in [1.807, 2.05) is 12.1 Å². The van der Waals surface area contributed by atoms with E-state index in [1.165, 1.54) is 10.8 Å². The first-order valence-electron chi connectivity index (χ1n) is 6.13. The number of rotatable bonds is 0. The van der Waals surface area contributed by atoms with Crippen molar-refractivity contribution in [2.24, 2.45) is 0 Å². The van der Waals surface area contributed by atoms with Crippen molar-refractivity contribution in [3.05, 3.63) is 46.9 Å². The number of hydrogen-bond donors (Lipinski definition) is 0. The van der Waals surface area contributed by atoms with E-state index in [0.29, 0.717) is 0 Å². The van der Waals surface area contributed by atoms with Crippen LogP contribution in [0.3, 0.4) is 0 Å². The van der Waals surface area contributed by atoms with Gasteiger partial charge in [0.1, 0.15) is 0 Å². The Hall–Kier alpha value is 0.171. The molecule has 0 N–H and O–H groups in total. The SMILES string of the molecule is Brc1cccc2ccccc12.F[B-](F)(F)F.F[B-](F)(F)F.F[B-](F)(F)F.[H-].[K+]. The Morgan fingerprint density at radius 3 is 1.19 bits per heavy atom. The van der Waals surface area contributed by atoms with Crippen molar-refractivity contribution in [2.45, 2.75) is 0 Å². The summed E-state index contributed by atoms with van der Waals surface area (Å²) in [5.74, 6) is 0. The molecule has 0 aromatic heterocycles. The maximum absolute atomic E-state index is 9.75. The zero-order chi connectivity index (χ0) is 21.2. The molecule has 2 aromatic rings. The Kier molecular flexibility index (Phi) is 16.8. The first-order chi connectivity index (χ1) is 11.4. The van der Waals surface area contributed by atoms with E-state index in [4.69, 9.17) is 0 Å². The molecule has 0 atom stereocenters. The standard InChI is InChI=1S/C10H7Br.3BF4.K.H/c11-10-7-3-5-8-4-1-2-6-9(8)10;3*2-1(3,4)5;;/h1-7H;;;;;/q;3*-1;+1;-1. The normalized spacial score (nSPS) is 10.9. The second kappa shape index (κ2) is 14.2. The molecule has 0 amide bonds. The van der Waals surface area contributed by atoms with Crippen LogP contribution < -0.4 is 51.4 Å². The summed E-state index contributed by atoms with van der Waals surface area (Å²) in [6.45, 7) is 0. The Bertz CT molecular complexity index is 600. The van der Waals surface area contributed by atoms with Gasteiger partial charge < -0.3 is 53.2 Å². The smallest absolute Gasteiger partial charge is 1.00 e. The van der Waals surface area contributed by atoms with E-state index in [-0.39, 0.29) is 52.8 Å². The van der Waals surface area contributed by atoms with E-state index in [0.717, 1.165) is 4.47 Å². The fraction of sp³-hybridized carbons (Fsp3) is 0. The second-order valence-corrected chi connectivity index (χ2v) is 4.80. The summed E-state index contributed by atoms with van der Waals surface area (Å²) in [6, 6.07) is 14.5. The van der Waals surface area contributed by atoms with Crippen LogP contribution in [0.25, 0.3) is 10.8 Å². The molecule has 27 heavy (non-hydrogen) atoms. The van der Waals surface area contributed by atoms with Crippen molar-refractivity contribution in [3.63, 3.8) is 0 Å². The van der Waals surface area contributed by atoms with Gasteiger partial charge in [-0.1, -0.05) is 52.3 Å². The van der Waals surface area contributed by atoms with Gasteiger partial charge in [-0.2, -0.15) is 0 Å². The third kappa shape index (κ3) is 34.1. The summed E-state index contributed by atoms with van der Waals surface area (Å²) >= 11 is 3.50. The number of hydrogen-bond acceptors (Lipinski definition) is 0. The summed E-state index contributed by atoms with van der Waals surface area (Å²) < 4.78 is 118. The Labute approximate surface area is 198 Å². The first kappa shape index (κ1) is 31.9. The van der Waals surface area contributed by atoms with E-state index >= 15 is 0 Å². The van der Waals surface area contributed by atoms with Crippen molar-refractivity contribution in [2.75, 3.05) is 0 Å². The van der Waals surface area contributed by atoms with Crippen molar-refractivity contribution in [3.8, 4) is 0 Å². The molecule has 0 aliphatic carbocycles. The molecule has 17 heteroatoms. The minimum absolute atomic E-state index is 0. The summed E-state index contributed by atoms with van der Waals surface area (Å²) in [5.41, 5.74) is 0. The van der Waals surface area contributed by atoms with E-state index in [2.05, 4.69) is 46.3 Å². The van der Waals surface area contributed by atoms with E-state index in [9.17, 15) is 51.8 Å². The van der Waals surface area contributed by atoms with E-state index in [1.54, 1.807) is 0 Å². The molecule has 0 bridgehead atoms. The van der Waals surface area contributed by atoms with Gasteiger partial charge in [-0.05, 0) is 16.8 Å². The Balaban J connectivity index is -0.000000147. The molecule has 0 saturated heterocycles. The molecular weight excluding hydrogens is 500 g/mol. The quantitative estimate of drug-likeness (QED) is 0.361. The molecule has 0 radical (unpaired) electrons. The van der Waals surface area contributed by atoms with Gasteiger partial charge in [-0.25, -0.2) is 0 Å². The summed E-state index contributed by atoms with van der Waals surface area (Å²) in [7, 11) is -18.0. The molecule has 2 rings (SSSR count). The van der Waals surface area contributed by atoms with Gasteiger partial charge in [-0.3, -0.25) is 0 Å². The largest absolute Gasteiger partial charge is 1.00 e. The third-order valence-corrected chi connectivity index (χ3v) is 2.43. The fourth-order valence-corrected chi connectivity index (χ4v) is 1.70.